The van der Waals surface area contributed by atoms with E-state index in [9.17, 15) is 4.79 Å². The third-order valence-electron chi connectivity index (χ3n) is 4.41. The molecule has 0 fully saturated rings. The quantitative estimate of drug-likeness (QED) is 0.508. The standard InChI is InChI=1S/C22H19N3O3/c1-14(2)15-9-11-16(12-10-15)21(26)23-18-7-4-3-6-17(18)22-24-20(25-28-22)19-8-5-13-27-19/h3-14H,1-2H3,(H,23,26). The van der Waals surface area contributed by atoms with Crippen molar-refractivity contribution in [1.82, 2.24) is 10.1 Å². The third kappa shape index (κ3) is 3.57. The Morgan fingerprint density at radius 1 is 1.00 bits per heavy atom. The van der Waals surface area contributed by atoms with Crippen molar-refractivity contribution in [1.29, 1.82) is 0 Å². The third-order valence-corrected chi connectivity index (χ3v) is 4.41. The second kappa shape index (κ2) is 7.52. The number of para-hydroxylation sites is 1. The van der Waals surface area contributed by atoms with Gasteiger partial charge in [0.1, 0.15) is 0 Å². The summed E-state index contributed by atoms with van der Waals surface area (Å²) in [6, 6.07) is 18.4. The molecule has 1 N–H and O–H groups in total. The van der Waals surface area contributed by atoms with Crippen LogP contribution in [0.15, 0.2) is 75.9 Å². The normalized spacial score (nSPS) is 11.0. The van der Waals surface area contributed by atoms with Crippen molar-refractivity contribution in [2.24, 2.45) is 0 Å². The molecule has 0 saturated heterocycles. The number of anilines is 1. The maximum Gasteiger partial charge on any atom is 0.260 e. The zero-order valence-corrected chi connectivity index (χ0v) is 15.5. The molecule has 0 atom stereocenters. The molecular formula is C22H19N3O3. The number of hydrogen-bond donors (Lipinski definition) is 1. The number of nitrogens with one attached hydrogen (secondary N) is 1. The first kappa shape index (κ1) is 17.7. The molecule has 0 aliphatic heterocycles. The number of carbonyl (C=O) groups is 1. The first-order valence-corrected chi connectivity index (χ1v) is 9.00. The van der Waals surface area contributed by atoms with Crippen LogP contribution in [0.2, 0.25) is 0 Å². The zero-order chi connectivity index (χ0) is 19.5. The topological polar surface area (TPSA) is 81.2 Å². The van der Waals surface area contributed by atoms with Crippen molar-refractivity contribution in [3.63, 3.8) is 0 Å². The fourth-order valence-electron chi connectivity index (χ4n) is 2.83. The van der Waals surface area contributed by atoms with E-state index in [1.807, 2.05) is 42.5 Å². The van der Waals surface area contributed by atoms with Crippen LogP contribution in [0.4, 0.5) is 5.69 Å². The van der Waals surface area contributed by atoms with E-state index in [0.717, 1.165) is 0 Å². The Labute approximate surface area is 162 Å². The zero-order valence-electron chi connectivity index (χ0n) is 15.5. The van der Waals surface area contributed by atoms with Gasteiger partial charge in [-0.3, -0.25) is 4.79 Å². The van der Waals surface area contributed by atoms with E-state index in [2.05, 4.69) is 29.3 Å². The van der Waals surface area contributed by atoms with Gasteiger partial charge in [-0.05, 0) is 47.9 Å². The molecule has 4 aromatic rings. The molecule has 1 amide bonds. The first-order valence-electron chi connectivity index (χ1n) is 9.00. The highest BCUT2D eigenvalue weighted by molar-refractivity contribution is 6.06. The van der Waals surface area contributed by atoms with Gasteiger partial charge in [0.15, 0.2) is 5.76 Å². The lowest BCUT2D eigenvalue weighted by Gasteiger charge is -2.10. The fraction of sp³-hybridized carbons (Fsp3) is 0.136. The maximum atomic E-state index is 12.7. The second-order valence-electron chi connectivity index (χ2n) is 6.68. The van der Waals surface area contributed by atoms with Gasteiger partial charge in [0.25, 0.3) is 11.8 Å². The maximum absolute atomic E-state index is 12.7. The van der Waals surface area contributed by atoms with Gasteiger partial charge in [0, 0.05) is 5.56 Å². The van der Waals surface area contributed by atoms with Crippen LogP contribution >= 0.6 is 0 Å². The Morgan fingerprint density at radius 2 is 1.79 bits per heavy atom. The van der Waals surface area contributed by atoms with Crippen molar-refractivity contribution in [3.8, 4) is 23.0 Å². The van der Waals surface area contributed by atoms with Gasteiger partial charge in [-0.1, -0.05) is 43.3 Å². The van der Waals surface area contributed by atoms with E-state index in [4.69, 9.17) is 8.94 Å². The number of benzene rings is 2. The van der Waals surface area contributed by atoms with Crippen molar-refractivity contribution in [2.45, 2.75) is 19.8 Å². The Balaban J connectivity index is 1.59. The molecule has 0 radical (unpaired) electrons. The minimum Gasteiger partial charge on any atom is -0.461 e. The molecule has 6 heteroatoms. The summed E-state index contributed by atoms with van der Waals surface area (Å²) in [6.45, 7) is 4.24. The average Bonchev–Trinajstić information content (AvgIpc) is 3.40. The summed E-state index contributed by atoms with van der Waals surface area (Å²) >= 11 is 0. The highest BCUT2D eigenvalue weighted by atomic mass is 16.5. The molecule has 2 aromatic heterocycles. The number of carbonyl (C=O) groups excluding carboxylic acids is 1. The molecule has 0 unspecified atom stereocenters. The molecule has 0 saturated carbocycles. The van der Waals surface area contributed by atoms with Gasteiger partial charge < -0.3 is 14.3 Å². The predicted octanol–water partition coefficient (Wildman–Crippen LogP) is 5.37. The van der Waals surface area contributed by atoms with Gasteiger partial charge in [-0.15, -0.1) is 0 Å². The summed E-state index contributed by atoms with van der Waals surface area (Å²) in [5, 5.41) is 6.87. The number of aromatic nitrogens is 2. The van der Waals surface area contributed by atoms with Crippen LogP contribution in [0.5, 0.6) is 0 Å². The molecular weight excluding hydrogens is 354 g/mol. The van der Waals surface area contributed by atoms with Crippen LogP contribution in [0.3, 0.4) is 0 Å². The molecule has 2 heterocycles. The summed E-state index contributed by atoms with van der Waals surface area (Å²) in [4.78, 5) is 17.0. The lowest BCUT2D eigenvalue weighted by molar-refractivity contribution is 0.102. The van der Waals surface area contributed by atoms with Crippen LogP contribution in [-0.2, 0) is 0 Å². The summed E-state index contributed by atoms with van der Waals surface area (Å²) in [7, 11) is 0. The van der Waals surface area contributed by atoms with Crippen LogP contribution < -0.4 is 5.32 Å². The molecule has 28 heavy (non-hydrogen) atoms. The minimum absolute atomic E-state index is 0.200. The van der Waals surface area contributed by atoms with Gasteiger partial charge in [0.2, 0.25) is 5.82 Å². The van der Waals surface area contributed by atoms with Crippen molar-refractivity contribution in [2.75, 3.05) is 5.32 Å². The first-order chi connectivity index (χ1) is 13.6. The molecule has 0 spiro atoms. The average molecular weight is 373 g/mol. The highest BCUT2D eigenvalue weighted by Crippen LogP contribution is 2.29. The highest BCUT2D eigenvalue weighted by Gasteiger charge is 2.17. The molecule has 0 aliphatic rings. The van der Waals surface area contributed by atoms with E-state index in [0.29, 0.717) is 40.2 Å². The number of nitrogens with zero attached hydrogens (tertiary/aromatic N) is 2. The molecule has 0 bridgehead atoms. The fourth-order valence-corrected chi connectivity index (χ4v) is 2.83. The Morgan fingerprint density at radius 3 is 2.50 bits per heavy atom. The monoisotopic (exact) mass is 373 g/mol. The van der Waals surface area contributed by atoms with Crippen LogP contribution in [0, 0.1) is 0 Å². The van der Waals surface area contributed by atoms with E-state index >= 15 is 0 Å². The van der Waals surface area contributed by atoms with Gasteiger partial charge in [0.05, 0.1) is 17.5 Å². The van der Waals surface area contributed by atoms with E-state index < -0.39 is 0 Å². The number of amides is 1. The van der Waals surface area contributed by atoms with E-state index in [-0.39, 0.29) is 5.91 Å². The summed E-state index contributed by atoms with van der Waals surface area (Å²) in [5.74, 6) is 1.39. The summed E-state index contributed by atoms with van der Waals surface area (Å²) in [6.07, 6.45) is 1.55. The lowest BCUT2D eigenvalue weighted by atomic mass is 10.0. The van der Waals surface area contributed by atoms with Crippen LogP contribution in [0.25, 0.3) is 23.0 Å². The Kier molecular flexibility index (Phi) is 4.76. The number of furan rings is 1. The summed E-state index contributed by atoms with van der Waals surface area (Å²) < 4.78 is 10.7. The Hall–Kier alpha value is -3.67. The second-order valence-corrected chi connectivity index (χ2v) is 6.68. The van der Waals surface area contributed by atoms with E-state index in [1.54, 1.807) is 24.5 Å². The van der Waals surface area contributed by atoms with Crippen molar-refractivity contribution < 1.29 is 13.7 Å². The summed E-state index contributed by atoms with van der Waals surface area (Å²) in [5.41, 5.74) is 3.00. The van der Waals surface area contributed by atoms with Crippen molar-refractivity contribution >= 4 is 11.6 Å². The predicted molar refractivity (Wildman–Crippen MR) is 106 cm³/mol. The van der Waals surface area contributed by atoms with Gasteiger partial charge in [-0.2, -0.15) is 4.98 Å². The molecule has 6 nitrogen and oxygen atoms in total. The smallest absolute Gasteiger partial charge is 0.260 e. The number of hydrogen-bond acceptors (Lipinski definition) is 5. The number of rotatable bonds is 5. The lowest BCUT2D eigenvalue weighted by Crippen LogP contribution is -2.12. The Bertz CT molecular complexity index is 1080. The largest absolute Gasteiger partial charge is 0.461 e. The van der Waals surface area contributed by atoms with E-state index in [1.165, 1.54) is 5.56 Å². The van der Waals surface area contributed by atoms with Crippen molar-refractivity contribution in [3.05, 3.63) is 78.1 Å². The molecule has 2 aromatic carbocycles. The van der Waals surface area contributed by atoms with Crippen LogP contribution in [0.1, 0.15) is 35.7 Å². The van der Waals surface area contributed by atoms with Gasteiger partial charge in [-0.25, -0.2) is 0 Å². The van der Waals surface area contributed by atoms with Gasteiger partial charge >= 0.3 is 0 Å². The molecule has 140 valence electrons. The minimum atomic E-state index is -0.200. The SMILES string of the molecule is CC(C)c1ccc(C(=O)Nc2ccccc2-c2nc(-c3ccco3)no2)cc1. The molecule has 0 aliphatic carbocycles. The van der Waals surface area contributed by atoms with Crippen LogP contribution in [-0.4, -0.2) is 16.0 Å². The molecule has 4 rings (SSSR count).